The number of rotatable bonds is 7. The van der Waals surface area contributed by atoms with Crippen molar-refractivity contribution in [3.8, 4) is 0 Å². The van der Waals surface area contributed by atoms with Gasteiger partial charge in [-0.3, -0.25) is 14.7 Å². The molecule has 1 aliphatic heterocycles. The van der Waals surface area contributed by atoms with Crippen molar-refractivity contribution in [2.45, 2.75) is 25.7 Å². The van der Waals surface area contributed by atoms with Gasteiger partial charge < -0.3 is 15.5 Å². The Bertz CT molecular complexity index is 606. The van der Waals surface area contributed by atoms with Gasteiger partial charge in [-0.25, -0.2) is 0 Å². The second kappa shape index (κ2) is 10.3. The average Bonchev–Trinajstić information content (AvgIpc) is 2.66. The molecule has 27 heavy (non-hydrogen) atoms. The molecule has 6 nitrogen and oxygen atoms in total. The van der Waals surface area contributed by atoms with E-state index in [0.29, 0.717) is 11.8 Å². The number of nitrogens with one attached hydrogen (secondary N) is 2. The van der Waals surface area contributed by atoms with E-state index in [-0.39, 0.29) is 0 Å². The highest BCUT2D eigenvalue weighted by Gasteiger charge is 2.30. The van der Waals surface area contributed by atoms with E-state index in [9.17, 15) is 4.79 Å². The van der Waals surface area contributed by atoms with Crippen LogP contribution in [-0.4, -0.2) is 74.5 Å². The van der Waals surface area contributed by atoms with Crippen molar-refractivity contribution in [3.63, 3.8) is 0 Å². The standard InChI is InChI=1S/C21H33N5O/c1-22-21(23-11-10-18-6-3-2-4-7-18)24-12-13-25-14-16-26(17-15-25)20(27)19-8-5-9-19/h2-4,6-7,19H,5,8-17H2,1H3,(H2,22,23,24). The van der Waals surface area contributed by atoms with Gasteiger partial charge in [0.2, 0.25) is 5.91 Å². The summed E-state index contributed by atoms with van der Waals surface area (Å²) >= 11 is 0. The fraction of sp³-hybridized carbons (Fsp3) is 0.619. The van der Waals surface area contributed by atoms with Crippen molar-refractivity contribution in [2.24, 2.45) is 10.9 Å². The lowest BCUT2D eigenvalue weighted by Gasteiger charge is -2.38. The molecule has 0 atom stereocenters. The van der Waals surface area contributed by atoms with Crippen LogP contribution in [0.4, 0.5) is 0 Å². The Hall–Kier alpha value is -2.08. The van der Waals surface area contributed by atoms with E-state index in [4.69, 9.17) is 0 Å². The summed E-state index contributed by atoms with van der Waals surface area (Å²) < 4.78 is 0. The maximum absolute atomic E-state index is 12.3. The van der Waals surface area contributed by atoms with Gasteiger partial charge in [0.25, 0.3) is 0 Å². The van der Waals surface area contributed by atoms with Gasteiger partial charge in [0.15, 0.2) is 5.96 Å². The van der Waals surface area contributed by atoms with Crippen LogP contribution in [0.3, 0.4) is 0 Å². The van der Waals surface area contributed by atoms with Crippen LogP contribution >= 0.6 is 0 Å². The SMILES string of the molecule is CN=C(NCCc1ccccc1)NCCN1CCN(C(=O)C2CCC2)CC1. The van der Waals surface area contributed by atoms with E-state index >= 15 is 0 Å². The first kappa shape index (κ1) is 19.7. The Labute approximate surface area is 163 Å². The molecule has 148 valence electrons. The van der Waals surface area contributed by atoms with Crippen LogP contribution in [0, 0.1) is 5.92 Å². The van der Waals surface area contributed by atoms with Crippen LogP contribution < -0.4 is 10.6 Å². The number of carbonyl (C=O) groups excluding carboxylic acids is 1. The van der Waals surface area contributed by atoms with Crippen molar-refractivity contribution >= 4 is 11.9 Å². The van der Waals surface area contributed by atoms with E-state index < -0.39 is 0 Å². The van der Waals surface area contributed by atoms with Crippen molar-refractivity contribution in [3.05, 3.63) is 35.9 Å². The molecule has 1 saturated carbocycles. The van der Waals surface area contributed by atoms with Crippen LogP contribution in [0.2, 0.25) is 0 Å². The molecule has 1 heterocycles. The molecule has 1 aromatic carbocycles. The van der Waals surface area contributed by atoms with E-state index in [0.717, 1.165) is 71.0 Å². The third-order valence-electron chi connectivity index (χ3n) is 5.63. The fourth-order valence-electron chi connectivity index (χ4n) is 3.63. The zero-order valence-electron chi connectivity index (χ0n) is 16.5. The Morgan fingerprint density at radius 2 is 1.78 bits per heavy atom. The van der Waals surface area contributed by atoms with Crippen molar-refractivity contribution in [1.29, 1.82) is 0 Å². The molecular formula is C21H33N5O. The van der Waals surface area contributed by atoms with Gasteiger partial charge in [-0.2, -0.15) is 0 Å². The van der Waals surface area contributed by atoms with Gasteiger partial charge in [0.05, 0.1) is 0 Å². The van der Waals surface area contributed by atoms with Crippen LogP contribution in [0.15, 0.2) is 35.3 Å². The average molecular weight is 372 g/mol. The van der Waals surface area contributed by atoms with E-state index in [1.165, 1.54) is 12.0 Å². The van der Waals surface area contributed by atoms with Crippen molar-refractivity contribution < 1.29 is 4.79 Å². The lowest BCUT2D eigenvalue weighted by atomic mass is 9.84. The molecule has 0 aromatic heterocycles. The van der Waals surface area contributed by atoms with E-state index in [1.807, 2.05) is 13.1 Å². The molecule has 1 amide bonds. The summed E-state index contributed by atoms with van der Waals surface area (Å²) in [7, 11) is 1.81. The third kappa shape index (κ3) is 5.96. The first-order valence-electron chi connectivity index (χ1n) is 10.3. The quantitative estimate of drug-likeness (QED) is 0.561. The second-order valence-electron chi connectivity index (χ2n) is 7.46. The van der Waals surface area contributed by atoms with Crippen molar-refractivity contribution in [2.75, 3.05) is 52.9 Å². The summed E-state index contributed by atoms with van der Waals surface area (Å²) in [6.45, 7) is 6.40. The first-order chi connectivity index (χ1) is 13.3. The van der Waals surface area contributed by atoms with Gasteiger partial charge >= 0.3 is 0 Å². The number of piperazine rings is 1. The number of nitrogens with zero attached hydrogens (tertiary/aromatic N) is 3. The zero-order chi connectivity index (χ0) is 18.9. The zero-order valence-corrected chi connectivity index (χ0v) is 16.5. The Kier molecular flexibility index (Phi) is 7.51. The van der Waals surface area contributed by atoms with Gasteiger partial charge in [-0.1, -0.05) is 36.8 Å². The van der Waals surface area contributed by atoms with Gasteiger partial charge in [0.1, 0.15) is 0 Å². The number of hydrogen-bond acceptors (Lipinski definition) is 3. The normalized spacial score (nSPS) is 18.9. The summed E-state index contributed by atoms with van der Waals surface area (Å²) in [5.74, 6) is 1.57. The van der Waals surface area contributed by atoms with Crippen LogP contribution in [0.5, 0.6) is 0 Å². The number of amides is 1. The number of aliphatic imine (C=N–C) groups is 1. The predicted octanol–water partition coefficient (Wildman–Crippen LogP) is 1.34. The lowest BCUT2D eigenvalue weighted by molar-refractivity contribution is -0.139. The monoisotopic (exact) mass is 371 g/mol. The van der Waals surface area contributed by atoms with Gasteiger partial charge in [-0.05, 0) is 24.8 Å². The third-order valence-corrected chi connectivity index (χ3v) is 5.63. The predicted molar refractivity (Wildman–Crippen MR) is 110 cm³/mol. The van der Waals surface area contributed by atoms with E-state index in [1.54, 1.807) is 0 Å². The lowest BCUT2D eigenvalue weighted by Crippen LogP contribution is -2.52. The number of guanidine groups is 1. The molecule has 2 N–H and O–H groups in total. The van der Waals surface area contributed by atoms with Gasteiger partial charge in [0, 0.05) is 58.8 Å². The van der Waals surface area contributed by atoms with Crippen LogP contribution in [0.25, 0.3) is 0 Å². The molecule has 1 aromatic rings. The highest BCUT2D eigenvalue weighted by Crippen LogP contribution is 2.28. The van der Waals surface area contributed by atoms with E-state index in [2.05, 4.69) is 49.7 Å². The minimum Gasteiger partial charge on any atom is -0.356 e. The topological polar surface area (TPSA) is 60.0 Å². The molecule has 1 saturated heterocycles. The van der Waals surface area contributed by atoms with Crippen LogP contribution in [-0.2, 0) is 11.2 Å². The highest BCUT2D eigenvalue weighted by molar-refractivity contribution is 5.80. The molecule has 1 aliphatic carbocycles. The molecule has 0 radical (unpaired) electrons. The Balaban J connectivity index is 1.28. The summed E-state index contributed by atoms with van der Waals surface area (Å²) in [4.78, 5) is 21.1. The Morgan fingerprint density at radius 1 is 1.07 bits per heavy atom. The fourth-order valence-corrected chi connectivity index (χ4v) is 3.63. The smallest absolute Gasteiger partial charge is 0.225 e. The maximum Gasteiger partial charge on any atom is 0.225 e. The number of hydrogen-bond donors (Lipinski definition) is 2. The minimum absolute atomic E-state index is 0.323. The summed E-state index contributed by atoms with van der Waals surface area (Å²) in [6, 6.07) is 10.5. The molecule has 2 fully saturated rings. The van der Waals surface area contributed by atoms with Crippen molar-refractivity contribution in [1.82, 2.24) is 20.4 Å². The maximum atomic E-state index is 12.3. The number of carbonyl (C=O) groups is 1. The summed E-state index contributed by atoms with van der Waals surface area (Å²) in [5, 5.41) is 6.76. The summed E-state index contributed by atoms with van der Waals surface area (Å²) in [5.41, 5.74) is 1.33. The molecule has 6 heteroatoms. The molecule has 0 spiro atoms. The molecule has 0 unspecified atom stereocenters. The first-order valence-corrected chi connectivity index (χ1v) is 10.3. The largest absolute Gasteiger partial charge is 0.356 e. The second-order valence-corrected chi connectivity index (χ2v) is 7.46. The molecule has 0 bridgehead atoms. The molecule has 2 aliphatic rings. The van der Waals surface area contributed by atoms with Gasteiger partial charge in [-0.15, -0.1) is 0 Å². The summed E-state index contributed by atoms with van der Waals surface area (Å²) in [6.07, 6.45) is 4.40. The molecule has 3 rings (SSSR count). The van der Waals surface area contributed by atoms with Crippen LogP contribution in [0.1, 0.15) is 24.8 Å². The molecular weight excluding hydrogens is 338 g/mol. The minimum atomic E-state index is 0.323. The Morgan fingerprint density at radius 3 is 2.41 bits per heavy atom. The highest BCUT2D eigenvalue weighted by atomic mass is 16.2. The number of benzene rings is 1.